The van der Waals surface area contributed by atoms with Crippen molar-refractivity contribution in [2.45, 2.75) is 33.2 Å². The van der Waals surface area contributed by atoms with Crippen LogP contribution in [0.5, 0.6) is 0 Å². The van der Waals surface area contributed by atoms with Crippen molar-refractivity contribution in [1.82, 2.24) is 15.6 Å². The number of nitrogens with one attached hydrogen (secondary N) is 2. The van der Waals surface area contributed by atoms with E-state index in [1.807, 2.05) is 26.3 Å². The van der Waals surface area contributed by atoms with Crippen molar-refractivity contribution in [3.8, 4) is 0 Å². The lowest BCUT2D eigenvalue weighted by atomic mass is 10.3. The van der Waals surface area contributed by atoms with Gasteiger partial charge in [0.2, 0.25) is 5.91 Å². The molecule has 4 nitrogen and oxygen atoms in total. The molecule has 0 atom stereocenters. The van der Waals surface area contributed by atoms with Gasteiger partial charge in [0, 0.05) is 17.5 Å². The second-order valence-corrected chi connectivity index (χ2v) is 4.95. The maximum atomic E-state index is 11.3. The number of carbonyl (C=O) groups excluding carboxylic acids is 1. The maximum Gasteiger partial charge on any atom is 0.234 e. The van der Waals surface area contributed by atoms with Crippen LogP contribution in [0, 0.1) is 6.92 Å². The van der Waals surface area contributed by atoms with Crippen LogP contribution in [-0.2, 0) is 11.2 Å². The summed E-state index contributed by atoms with van der Waals surface area (Å²) in [7, 11) is 0. The molecular weight excluding hydrogens is 222 g/mol. The molecule has 0 fully saturated rings. The largest absolute Gasteiger partial charge is 0.353 e. The van der Waals surface area contributed by atoms with Crippen LogP contribution in [0.15, 0.2) is 5.51 Å². The second kappa shape index (κ2) is 6.60. The number of amides is 1. The summed E-state index contributed by atoms with van der Waals surface area (Å²) < 4.78 is 0. The third kappa shape index (κ3) is 4.72. The number of rotatable bonds is 6. The summed E-state index contributed by atoms with van der Waals surface area (Å²) in [4.78, 5) is 16.8. The van der Waals surface area contributed by atoms with Gasteiger partial charge in [-0.15, -0.1) is 11.3 Å². The number of thiazole rings is 1. The highest BCUT2D eigenvalue weighted by Crippen LogP contribution is 2.11. The van der Waals surface area contributed by atoms with Crippen LogP contribution in [0.2, 0.25) is 0 Å². The van der Waals surface area contributed by atoms with Crippen molar-refractivity contribution >= 4 is 17.2 Å². The lowest BCUT2D eigenvalue weighted by Crippen LogP contribution is -2.38. The molecule has 0 saturated carbocycles. The van der Waals surface area contributed by atoms with Crippen LogP contribution in [0.1, 0.15) is 24.4 Å². The van der Waals surface area contributed by atoms with E-state index in [9.17, 15) is 4.79 Å². The van der Waals surface area contributed by atoms with Gasteiger partial charge in [-0.2, -0.15) is 0 Å². The van der Waals surface area contributed by atoms with Crippen LogP contribution in [-0.4, -0.2) is 30.0 Å². The molecule has 0 aromatic carbocycles. The van der Waals surface area contributed by atoms with Crippen molar-refractivity contribution < 1.29 is 4.79 Å². The van der Waals surface area contributed by atoms with Gasteiger partial charge in [0.15, 0.2) is 0 Å². The van der Waals surface area contributed by atoms with Gasteiger partial charge in [-0.25, -0.2) is 4.98 Å². The highest BCUT2D eigenvalue weighted by Gasteiger charge is 2.03. The maximum absolute atomic E-state index is 11.3. The third-order valence-electron chi connectivity index (χ3n) is 2.11. The summed E-state index contributed by atoms with van der Waals surface area (Å²) in [6.45, 7) is 7.12. The first-order chi connectivity index (χ1) is 7.59. The molecule has 1 heterocycles. The van der Waals surface area contributed by atoms with E-state index >= 15 is 0 Å². The van der Waals surface area contributed by atoms with Gasteiger partial charge >= 0.3 is 0 Å². The molecule has 0 unspecified atom stereocenters. The summed E-state index contributed by atoms with van der Waals surface area (Å²) in [5.41, 5.74) is 2.95. The summed E-state index contributed by atoms with van der Waals surface area (Å²) in [6.07, 6.45) is 0.936. The Kier molecular flexibility index (Phi) is 5.42. The normalized spacial score (nSPS) is 10.8. The molecule has 1 aromatic rings. The second-order valence-electron chi connectivity index (χ2n) is 4.01. The van der Waals surface area contributed by atoms with Crippen LogP contribution in [0.4, 0.5) is 0 Å². The van der Waals surface area contributed by atoms with Gasteiger partial charge in [-0.3, -0.25) is 4.79 Å². The zero-order chi connectivity index (χ0) is 12.0. The van der Waals surface area contributed by atoms with E-state index in [-0.39, 0.29) is 11.9 Å². The highest BCUT2D eigenvalue weighted by atomic mass is 32.1. The molecule has 0 aliphatic rings. The molecule has 2 N–H and O–H groups in total. The SMILES string of the molecule is Cc1ncsc1CCNCC(=O)NC(C)C. The van der Waals surface area contributed by atoms with Crippen molar-refractivity contribution in [1.29, 1.82) is 0 Å². The fourth-order valence-corrected chi connectivity index (χ4v) is 2.12. The molecule has 0 aliphatic heterocycles. The van der Waals surface area contributed by atoms with Crippen molar-refractivity contribution in [3.05, 3.63) is 16.1 Å². The van der Waals surface area contributed by atoms with E-state index in [4.69, 9.17) is 0 Å². The van der Waals surface area contributed by atoms with Crippen LogP contribution >= 0.6 is 11.3 Å². The Morgan fingerprint density at radius 2 is 2.31 bits per heavy atom. The summed E-state index contributed by atoms with van der Waals surface area (Å²) in [6, 6.07) is 0.207. The predicted octanol–water partition coefficient (Wildman–Crippen LogP) is 1.11. The van der Waals surface area contributed by atoms with E-state index in [1.54, 1.807) is 11.3 Å². The molecule has 0 saturated heterocycles. The van der Waals surface area contributed by atoms with Gasteiger partial charge in [0.05, 0.1) is 17.7 Å². The Labute approximate surface area is 100 Å². The van der Waals surface area contributed by atoms with Crippen molar-refractivity contribution in [2.75, 3.05) is 13.1 Å². The Bertz CT molecular complexity index is 336. The van der Waals surface area contributed by atoms with Crippen molar-refractivity contribution in [2.24, 2.45) is 0 Å². The summed E-state index contributed by atoms with van der Waals surface area (Å²) >= 11 is 1.67. The zero-order valence-electron chi connectivity index (χ0n) is 10.0. The van der Waals surface area contributed by atoms with Gasteiger partial charge < -0.3 is 10.6 Å². The van der Waals surface area contributed by atoms with Crippen LogP contribution in [0.25, 0.3) is 0 Å². The number of aromatic nitrogens is 1. The van der Waals surface area contributed by atoms with Gasteiger partial charge in [-0.05, 0) is 27.2 Å². The number of nitrogens with zero attached hydrogens (tertiary/aromatic N) is 1. The lowest BCUT2D eigenvalue weighted by Gasteiger charge is -2.08. The summed E-state index contributed by atoms with van der Waals surface area (Å²) in [5, 5.41) is 5.96. The smallest absolute Gasteiger partial charge is 0.234 e. The number of hydrogen-bond acceptors (Lipinski definition) is 4. The van der Waals surface area contributed by atoms with Crippen LogP contribution in [0.3, 0.4) is 0 Å². The molecule has 1 rings (SSSR count). The Balaban J connectivity index is 2.13. The Hall–Kier alpha value is -0.940. The average molecular weight is 241 g/mol. The third-order valence-corrected chi connectivity index (χ3v) is 3.10. The first-order valence-corrected chi connectivity index (χ1v) is 6.36. The lowest BCUT2D eigenvalue weighted by molar-refractivity contribution is -0.120. The first kappa shape index (κ1) is 13.1. The fraction of sp³-hybridized carbons (Fsp3) is 0.636. The molecule has 1 amide bonds. The van der Waals surface area contributed by atoms with E-state index < -0.39 is 0 Å². The quantitative estimate of drug-likeness (QED) is 0.734. The average Bonchev–Trinajstić information content (AvgIpc) is 2.58. The van der Waals surface area contributed by atoms with E-state index in [1.165, 1.54) is 4.88 Å². The molecule has 0 spiro atoms. The molecule has 16 heavy (non-hydrogen) atoms. The molecule has 0 aliphatic carbocycles. The summed E-state index contributed by atoms with van der Waals surface area (Å²) in [5.74, 6) is 0.0519. The van der Waals surface area contributed by atoms with Gasteiger partial charge in [-0.1, -0.05) is 0 Å². The van der Waals surface area contributed by atoms with Crippen LogP contribution < -0.4 is 10.6 Å². The zero-order valence-corrected chi connectivity index (χ0v) is 10.9. The minimum absolute atomic E-state index is 0.0519. The predicted molar refractivity (Wildman–Crippen MR) is 66.7 cm³/mol. The molecular formula is C11H19N3OS. The Morgan fingerprint density at radius 1 is 1.56 bits per heavy atom. The van der Waals surface area contributed by atoms with Gasteiger partial charge in [0.1, 0.15) is 0 Å². The number of hydrogen-bond donors (Lipinski definition) is 2. The van der Waals surface area contributed by atoms with E-state index in [0.717, 1.165) is 18.7 Å². The fourth-order valence-electron chi connectivity index (χ4n) is 1.34. The molecule has 5 heteroatoms. The molecule has 1 aromatic heterocycles. The van der Waals surface area contributed by atoms with E-state index in [2.05, 4.69) is 15.6 Å². The molecule has 0 bridgehead atoms. The Morgan fingerprint density at radius 3 is 2.88 bits per heavy atom. The standard InChI is InChI=1S/C11H19N3OS/c1-8(2)14-11(15)6-12-5-4-10-9(3)13-7-16-10/h7-8,12H,4-6H2,1-3H3,(H,14,15). The minimum atomic E-state index is 0.0519. The first-order valence-electron chi connectivity index (χ1n) is 5.48. The minimum Gasteiger partial charge on any atom is -0.353 e. The van der Waals surface area contributed by atoms with Crippen molar-refractivity contribution in [3.63, 3.8) is 0 Å². The number of aryl methyl sites for hydroxylation is 1. The molecule has 90 valence electrons. The topological polar surface area (TPSA) is 54.0 Å². The monoisotopic (exact) mass is 241 g/mol. The molecule has 0 radical (unpaired) electrons. The van der Waals surface area contributed by atoms with E-state index in [0.29, 0.717) is 6.54 Å². The number of carbonyl (C=O) groups is 1. The van der Waals surface area contributed by atoms with Gasteiger partial charge in [0.25, 0.3) is 0 Å². The highest BCUT2D eigenvalue weighted by molar-refractivity contribution is 7.09.